The lowest BCUT2D eigenvalue weighted by Crippen LogP contribution is -2.35. The second kappa shape index (κ2) is 8.88. The summed E-state index contributed by atoms with van der Waals surface area (Å²) in [6.07, 6.45) is 0.607. The third-order valence-electron chi connectivity index (χ3n) is 5.29. The van der Waals surface area contributed by atoms with Crippen LogP contribution in [0.5, 0.6) is 0 Å². The van der Waals surface area contributed by atoms with Crippen LogP contribution < -0.4 is 10.0 Å². The molecule has 1 aliphatic rings. The van der Waals surface area contributed by atoms with Gasteiger partial charge in [0.2, 0.25) is 11.8 Å². The van der Waals surface area contributed by atoms with Gasteiger partial charge in [-0.25, -0.2) is 8.42 Å². The van der Waals surface area contributed by atoms with E-state index in [0.717, 1.165) is 5.56 Å². The largest absolute Gasteiger partial charge is 0.338 e. The van der Waals surface area contributed by atoms with E-state index in [1.54, 1.807) is 55.1 Å². The van der Waals surface area contributed by atoms with Crippen LogP contribution in [0.25, 0.3) is 0 Å². The van der Waals surface area contributed by atoms with Crippen LogP contribution in [-0.4, -0.2) is 37.6 Å². The number of amides is 2. The van der Waals surface area contributed by atoms with E-state index in [9.17, 15) is 18.0 Å². The molecule has 0 bridgehead atoms. The van der Waals surface area contributed by atoms with E-state index >= 15 is 0 Å². The summed E-state index contributed by atoms with van der Waals surface area (Å²) < 4.78 is 28.9. The molecule has 0 radical (unpaired) electrons. The maximum Gasteiger partial charge on any atom is 0.262 e. The van der Waals surface area contributed by atoms with Crippen LogP contribution in [-0.2, 0) is 32.6 Å². The molecule has 0 aliphatic carbocycles. The number of nitrogens with one attached hydrogen (secondary N) is 2. The predicted octanol–water partition coefficient (Wildman–Crippen LogP) is 3.60. The van der Waals surface area contributed by atoms with Gasteiger partial charge in [0.1, 0.15) is 0 Å². The van der Waals surface area contributed by atoms with Crippen molar-refractivity contribution in [2.24, 2.45) is 5.41 Å². The summed E-state index contributed by atoms with van der Waals surface area (Å²) in [6.45, 7) is 5.76. The highest BCUT2D eigenvalue weighted by atomic mass is 35.5. The maximum atomic E-state index is 13.2. The van der Waals surface area contributed by atoms with Gasteiger partial charge in [-0.15, -0.1) is 11.6 Å². The number of carbonyl (C=O) groups is 2. The SMILES string of the molecule is CC(=O)N1CCc2cccc(S(=O)(=O)Nc3cccc(NC(=O)C(C)(C)CCl)c3)c2C1. The van der Waals surface area contributed by atoms with Gasteiger partial charge in [-0.3, -0.25) is 14.3 Å². The Labute approximate surface area is 187 Å². The molecule has 166 valence electrons. The molecule has 2 N–H and O–H groups in total. The zero-order valence-electron chi connectivity index (χ0n) is 17.7. The number of nitrogens with zero attached hydrogens (tertiary/aromatic N) is 1. The van der Waals surface area contributed by atoms with Crippen molar-refractivity contribution in [2.45, 2.75) is 38.6 Å². The molecule has 0 unspecified atom stereocenters. The third kappa shape index (κ3) is 5.19. The van der Waals surface area contributed by atoms with E-state index in [1.807, 2.05) is 6.07 Å². The number of rotatable bonds is 6. The summed E-state index contributed by atoms with van der Waals surface area (Å²) in [6, 6.07) is 11.6. The lowest BCUT2D eigenvalue weighted by Gasteiger charge is -2.29. The Morgan fingerprint density at radius 2 is 1.81 bits per heavy atom. The summed E-state index contributed by atoms with van der Waals surface area (Å²) in [5, 5.41) is 2.76. The lowest BCUT2D eigenvalue weighted by molar-refractivity contribution is -0.129. The van der Waals surface area contributed by atoms with Crippen molar-refractivity contribution in [1.82, 2.24) is 4.90 Å². The second-order valence-electron chi connectivity index (χ2n) is 8.24. The van der Waals surface area contributed by atoms with Crippen molar-refractivity contribution in [3.8, 4) is 0 Å². The van der Waals surface area contributed by atoms with Crippen molar-refractivity contribution in [3.63, 3.8) is 0 Å². The van der Waals surface area contributed by atoms with Gasteiger partial charge < -0.3 is 10.2 Å². The zero-order valence-corrected chi connectivity index (χ0v) is 19.3. The normalized spacial score (nSPS) is 14.0. The number of carbonyl (C=O) groups excluding carboxylic acids is 2. The molecule has 31 heavy (non-hydrogen) atoms. The molecule has 0 fully saturated rings. The highest BCUT2D eigenvalue weighted by Crippen LogP contribution is 2.28. The topological polar surface area (TPSA) is 95.6 Å². The lowest BCUT2D eigenvalue weighted by atomic mass is 9.95. The van der Waals surface area contributed by atoms with Crippen molar-refractivity contribution in [3.05, 3.63) is 53.6 Å². The molecule has 0 saturated carbocycles. The fraction of sp³-hybridized carbons (Fsp3) is 0.364. The molecule has 1 heterocycles. The van der Waals surface area contributed by atoms with E-state index in [4.69, 9.17) is 11.6 Å². The van der Waals surface area contributed by atoms with Crippen LogP contribution in [0.4, 0.5) is 11.4 Å². The van der Waals surface area contributed by atoms with Gasteiger partial charge in [0.05, 0.1) is 16.0 Å². The number of benzene rings is 2. The minimum absolute atomic E-state index is 0.0888. The Kier molecular flexibility index (Phi) is 6.62. The Bertz CT molecular complexity index is 1120. The van der Waals surface area contributed by atoms with Crippen LogP contribution in [0.1, 0.15) is 31.9 Å². The number of hydrogen-bond acceptors (Lipinski definition) is 4. The Hall–Kier alpha value is -2.58. The van der Waals surface area contributed by atoms with Crippen LogP contribution >= 0.6 is 11.6 Å². The van der Waals surface area contributed by atoms with Gasteiger partial charge in [-0.1, -0.05) is 18.2 Å². The molecule has 0 saturated heterocycles. The summed E-state index contributed by atoms with van der Waals surface area (Å²) in [4.78, 5) is 25.9. The molecule has 0 spiro atoms. The Morgan fingerprint density at radius 1 is 1.13 bits per heavy atom. The zero-order chi connectivity index (χ0) is 22.8. The van der Waals surface area contributed by atoms with Crippen molar-refractivity contribution in [2.75, 3.05) is 22.5 Å². The van der Waals surface area contributed by atoms with Gasteiger partial charge in [-0.05, 0) is 55.7 Å². The summed E-state index contributed by atoms with van der Waals surface area (Å²) in [5.41, 5.74) is 1.57. The highest BCUT2D eigenvalue weighted by molar-refractivity contribution is 7.92. The molecule has 0 atom stereocenters. The number of fused-ring (bicyclic) bond motifs is 1. The number of hydrogen-bond donors (Lipinski definition) is 2. The van der Waals surface area contributed by atoms with Gasteiger partial charge in [0, 0.05) is 31.6 Å². The first-order valence-electron chi connectivity index (χ1n) is 9.90. The average Bonchev–Trinajstić information content (AvgIpc) is 2.72. The molecular formula is C22H26ClN3O4S. The first kappa shape index (κ1) is 23.1. The van der Waals surface area contributed by atoms with Crippen LogP contribution in [0.15, 0.2) is 47.4 Å². The summed E-state index contributed by atoms with van der Waals surface area (Å²) in [5.74, 6) is -0.195. The number of anilines is 2. The fourth-order valence-corrected chi connectivity index (χ4v) is 4.75. The molecule has 1 aliphatic heterocycles. The van der Waals surface area contributed by atoms with Gasteiger partial charge in [0.25, 0.3) is 10.0 Å². The van der Waals surface area contributed by atoms with Crippen molar-refractivity contribution < 1.29 is 18.0 Å². The van der Waals surface area contributed by atoms with Gasteiger partial charge in [0.15, 0.2) is 0 Å². The van der Waals surface area contributed by atoms with Crippen molar-refractivity contribution >= 4 is 44.8 Å². The van der Waals surface area contributed by atoms with E-state index in [-0.39, 0.29) is 29.1 Å². The van der Waals surface area contributed by atoms with E-state index in [0.29, 0.717) is 29.9 Å². The molecule has 3 rings (SSSR count). The minimum atomic E-state index is -3.90. The first-order chi connectivity index (χ1) is 14.5. The number of halogens is 1. The number of sulfonamides is 1. The monoisotopic (exact) mass is 463 g/mol. The first-order valence-corrected chi connectivity index (χ1v) is 11.9. The van der Waals surface area contributed by atoms with E-state index < -0.39 is 15.4 Å². The van der Waals surface area contributed by atoms with E-state index in [2.05, 4.69) is 10.0 Å². The molecule has 0 aromatic heterocycles. The summed E-state index contributed by atoms with van der Waals surface area (Å²) >= 11 is 5.85. The molecule has 2 amide bonds. The number of alkyl halides is 1. The van der Waals surface area contributed by atoms with Crippen LogP contribution in [0.3, 0.4) is 0 Å². The molecule has 2 aromatic rings. The maximum absolute atomic E-state index is 13.2. The quantitative estimate of drug-likeness (QED) is 0.640. The van der Waals surface area contributed by atoms with Crippen molar-refractivity contribution in [1.29, 1.82) is 0 Å². The molecule has 2 aromatic carbocycles. The standard InChI is InChI=1S/C22H26ClN3O4S/c1-15(27)26-11-10-16-6-4-9-20(19(16)13-26)31(29,30)25-18-8-5-7-17(12-18)24-21(28)22(2,3)14-23/h4-9,12,25H,10-11,13-14H2,1-3H3,(H,24,28). The van der Waals surface area contributed by atoms with E-state index in [1.165, 1.54) is 6.92 Å². The fourth-order valence-electron chi connectivity index (χ4n) is 3.30. The van der Waals surface area contributed by atoms with Gasteiger partial charge >= 0.3 is 0 Å². The summed E-state index contributed by atoms with van der Waals surface area (Å²) in [7, 11) is -3.90. The molecular weight excluding hydrogens is 438 g/mol. The van der Waals surface area contributed by atoms with Crippen LogP contribution in [0.2, 0.25) is 0 Å². The smallest absolute Gasteiger partial charge is 0.262 e. The second-order valence-corrected chi connectivity index (χ2v) is 10.2. The third-order valence-corrected chi connectivity index (χ3v) is 7.42. The Morgan fingerprint density at radius 3 is 2.48 bits per heavy atom. The predicted molar refractivity (Wildman–Crippen MR) is 122 cm³/mol. The van der Waals surface area contributed by atoms with Gasteiger partial charge in [-0.2, -0.15) is 0 Å². The molecule has 7 nitrogen and oxygen atoms in total. The minimum Gasteiger partial charge on any atom is -0.338 e. The van der Waals surface area contributed by atoms with Crippen LogP contribution in [0, 0.1) is 5.41 Å². The average molecular weight is 464 g/mol. The molecule has 9 heteroatoms. The Balaban J connectivity index is 1.86. The highest BCUT2D eigenvalue weighted by Gasteiger charge is 2.28.